The summed E-state index contributed by atoms with van der Waals surface area (Å²) in [5, 5.41) is 0. The molecule has 66 valence electrons. The van der Waals surface area contributed by atoms with Gasteiger partial charge < -0.3 is 16.4 Å². The highest BCUT2D eigenvalue weighted by Gasteiger charge is 2.17. The van der Waals surface area contributed by atoms with Gasteiger partial charge in [0.25, 0.3) is 0 Å². The smallest absolute Gasteiger partial charge is 0.101 e. The molecule has 0 fully saturated rings. The van der Waals surface area contributed by atoms with Crippen molar-refractivity contribution >= 4 is 12.4 Å². The minimum atomic E-state index is -0.115. The molecule has 0 bridgehead atoms. The molecule has 0 saturated carbocycles. The highest BCUT2D eigenvalue weighted by molar-refractivity contribution is 5.85. The summed E-state index contributed by atoms with van der Waals surface area (Å²) in [4.78, 5) is 3.98. The van der Waals surface area contributed by atoms with Crippen LogP contribution < -0.4 is 11.5 Å². The van der Waals surface area contributed by atoms with E-state index in [9.17, 15) is 0 Å². The van der Waals surface area contributed by atoms with Crippen LogP contribution in [0.4, 0.5) is 0 Å². The van der Waals surface area contributed by atoms with E-state index in [4.69, 9.17) is 11.5 Å². The molecule has 0 aromatic carbocycles. The molecular formula is C6H15ClN4. The first-order valence-electron chi connectivity index (χ1n) is 3.24. The van der Waals surface area contributed by atoms with Crippen molar-refractivity contribution in [3.63, 3.8) is 0 Å². The summed E-state index contributed by atoms with van der Waals surface area (Å²) in [6.45, 7) is 0.835. The maximum Gasteiger partial charge on any atom is 0.101 e. The summed E-state index contributed by atoms with van der Waals surface area (Å²) in [6, 6.07) is 0. The van der Waals surface area contributed by atoms with E-state index in [2.05, 4.69) is 0 Å². The average Bonchev–Trinajstić information content (AvgIpc) is 1.82. The SMILES string of the molecule is CN1C=C(N)C(N)N(C)C1.Cl. The normalized spacial score (nSPS) is 25.9. The van der Waals surface area contributed by atoms with Crippen LogP contribution in [0.5, 0.6) is 0 Å². The van der Waals surface area contributed by atoms with Gasteiger partial charge in [0.1, 0.15) is 6.17 Å². The molecular weight excluding hydrogens is 164 g/mol. The molecule has 5 heteroatoms. The van der Waals surface area contributed by atoms with Crippen LogP contribution in [0.1, 0.15) is 0 Å². The van der Waals surface area contributed by atoms with Crippen molar-refractivity contribution in [3.05, 3.63) is 11.9 Å². The Morgan fingerprint density at radius 1 is 1.55 bits per heavy atom. The molecule has 11 heavy (non-hydrogen) atoms. The molecule has 0 saturated heterocycles. The molecule has 0 radical (unpaired) electrons. The third kappa shape index (κ3) is 2.25. The molecule has 1 unspecified atom stereocenters. The Morgan fingerprint density at radius 3 is 2.55 bits per heavy atom. The van der Waals surface area contributed by atoms with Crippen LogP contribution in [0.3, 0.4) is 0 Å². The van der Waals surface area contributed by atoms with E-state index in [1.165, 1.54) is 0 Å². The van der Waals surface area contributed by atoms with Crippen LogP contribution in [0, 0.1) is 0 Å². The summed E-state index contributed by atoms with van der Waals surface area (Å²) in [7, 11) is 3.91. The number of nitrogens with two attached hydrogens (primary N) is 2. The molecule has 1 atom stereocenters. The van der Waals surface area contributed by atoms with E-state index in [0.717, 1.165) is 12.4 Å². The number of nitrogens with zero attached hydrogens (tertiary/aromatic N) is 2. The van der Waals surface area contributed by atoms with Gasteiger partial charge in [-0.2, -0.15) is 0 Å². The van der Waals surface area contributed by atoms with Crippen molar-refractivity contribution in [2.45, 2.75) is 6.17 Å². The number of rotatable bonds is 0. The molecule has 1 heterocycles. The van der Waals surface area contributed by atoms with Crippen LogP contribution in [-0.2, 0) is 0 Å². The van der Waals surface area contributed by atoms with Crippen molar-refractivity contribution in [3.8, 4) is 0 Å². The summed E-state index contributed by atoms with van der Waals surface area (Å²) >= 11 is 0. The first-order chi connectivity index (χ1) is 4.61. The van der Waals surface area contributed by atoms with Crippen LogP contribution in [0.25, 0.3) is 0 Å². The van der Waals surface area contributed by atoms with Gasteiger partial charge in [0, 0.05) is 13.2 Å². The van der Waals surface area contributed by atoms with Gasteiger partial charge in [-0.05, 0) is 7.05 Å². The van der Waals surface area contributed by atoms with Gasteiger partial charge in [0.15, 0.2) is 0 Å². The zero-order valence-corrected chi connectivity index (χ0v) is 7.64. The first kappa shape index (κ1) is 10.6. The Labute approximate surface area is 73.2 Å². The first-order valence-corrected chi connectivity index (χ1v) is 3.24. The van der Waals surface area contributed by atoms with Gasteiger partial charge in [-0.1, -0.05) is 0 Å². The highest BCUT2D eigenvalue weighted by Crippen LogP contribution is 2.05. The summed E-state index contributed by atoms with van der Waals surface area (Å²) in [5.74, 6) is 0. The van der Waals surface area contributed by atoms with Gasteiger partial charge in [-0.3, -0.25) is 4.90 Å². The summed E-state index contributed by atoms with van der Waals surface area (Å²) in [5.41, 5.74) is 12.0. The second-order valence-electron chi connectivity index (χ2n) is 2.73. The topological polar surface area (TPSA) is 58.5 Å². The largest absolute Gasteiger partial charge is 0.398 e. The number of likely N-dealkylation sites (N-methyl/N-ethyl adjacent to an activating group) is 1. The molecule has 0 aromatic rings. The third-order valence-corrected chi connectivity index (χ3v) is 1.63. The Morgan fingerprint density at radius 2 is 2.09 bits per heavy atom. The Hall–Kier alpha value is -0.450. The van der Waals surface area contributed by atoms with Crippen LogP contribution >= 0.6 is 12.4 Å². The molecule has 0 spiro atoms. The van der Waals surface area contributed by atoms with Gasteiger partial charge in [0.2, 0.25) is 0 Å². The average molecular weight is 179 g/mol. The van der Waals surface area contributed by atoms with E-state index in [0.29, 0.717) is 0 Å². The fraction of sp³-hybridized carbons (Fsp3) is 0.667. The van der Waals surface area contributed by atoms with Crippen LogP contribution in [0.2, 0.25) is 0 Å². The van der Waals surface area contributed by atoms with Crippen molar-refractivity contribution < 1.29 is 0 Å². The minimum Gasteiger partial charge on any atom is -0.398 e. The maximum atomic E-state index is 5.69. The fourth-order valence-electron chi connectivity index (χ4n) is 1.07. The van der Waals surface area contributed by atoms with E-state index in [1.807, 2.05) is 30.1 Å². The fourth-order valence-corrected chi connectivity index (χ4v) is 1.07. The second kappa shape index (κ2) is 3.80. The number of hydrogen-bond acceptors (Lipinski definition) is 4. The lowest BCUT2D eigenvalue weighted by molar-refractivity contribution is 0.166. The summed E-state index contributed by atoms with van der Waals surface area (Å²) in [6.07, 6.45) is 1.75. The van der Waals surface area contributed by atoms with Gasteiger partial charge in [-0.25, -0.2) is 0 Å². The monoisotopic (exact) mass is 178 g/mol. The second-order valence-corrected chi connectivity index (χ2v) is 2.73. The molecule has 0 aliphatic carbocycles. The van der Waals surface area contributed by atoms with E-state index in [-0.39, 0.29) is 18.6 Å². The van der Waals surface area contributed by atoms with Gasteiger partial charge in [-0.15, -0.1) is 12.4 Å². The molecule has 0 amide bonds. The number of halogens is 1. The standard InChI is InChI=1S/C6H14N4.ClH/c1-9-3-5(7)6(8)10(2)4-9;/h3,6H,4,7-8H2,1-2H3;1H. The molecule has 1 aliphatic rings. The van der Waals surface area contributed by atoms with Crippen molar-refractivity contribution in [1.82, 2.24) is 9.80 Å². The predicted molar refractivity (Wildman–Crippen MR) is 47.9 cm³/mol. The lowest BCUT2D eigenvalue weighted by Crippen LogP contribution is -2.50. The predicted octanol–water partition coefficient (Wildman–Crippen LogP) is -0.672. The Balaban J connectivity index is 0.000001000. The quantitative estimate of drug-likeness (QED) is 0.517. The molecule has 0 aromatic heterocycles. The molecule has 1 aliphatic heterocycles. The Kier molecular flexibility index (Phi) is 3.65. The zero-order valence-electron chi connectivity index (χ0n) is 6.82. The lowest BCUT2D eigenvalue weighted by Gasteiger charge is -2.34. The maximum absolute atomic E-state index is 5.69. The third-order valence-electron chi connectivity index (χ3n) is 1.63. The molecule has 4 nitrogen and oxygen atoms in total. The van der Waals surface area contributed by atoms with Crippen molar-refractivity contribution in [2.24, 2.45) is 11.5 Å². The van der Waals surface area contributed by atoms with Gasteiger partial charge in [0.05, 0.1) is 12.4 Å². The zero-order chi connectivity index (χ0) is 7.72. The van der Waals surface area contributed by atoms with Crippen molar-refractivity contribution in [1.29, 1.82) is 0 Å². The highest BCUT2D eigenvalue weighted by atomic mass is 35.5. The Bertz CT molecular complexity index is 159. The van der Waals surface area contributed by atoms with E-state index < -0.39 is 0 Å². The molecule has 4 N–H and O–H groups in total. The van der Waals surface area contributed by atoms with E-state index in [1.54, 1.807) is 0 Å². The van der Waals surface area contributed by atoms with Gasteiger partial charge >= 0.3 is 0 Å². The number of hydrogen-bond donors (Lipinski definition) is 2. The van der Waals surface area contributed by atoms with Crippen LogP contribution in [-0.4, -0.2) is 36.7 Å². The van der Waals surface area contributed by atoms with Crippen LogP contribution in [0.15, 0.2) is 11.9 Å². The van der Waals surface area contributed by atoms with E-state index >= 15 is 0 Å². The van der Waals surface area contributed by atoms with Crippen molar-refractivity contribution in [2.75, 3.05) is 20.8 Å². The molecule has 1 rings (SSSR count). The minimum absolute atomic E-state index is 0. The lowest BCUT2D eigenvalue weighted by atomic mass is 10.3. The summed E-state index contributed by atoms with van der Waals surface area (Å²) < 4.78 is 0.